The molecular formula is C14H16F2N2O2S. The van der Waals surface area contributed by atoms with Gasteiger partial charge in [0.15, 0.2) is 5.75 Å². The molecule has 0 bridgehead atoms. The van der Waals surface area contributed by atoms with Gasteiger partial charge >= 0.3 is 0 Å². The first-order chi connectivity index (χ1) is 9.95. The van der Waals surface area contributed by atoms with E-state index >= 15 is 0 Å². The highest BCUT2D eigenvalue weighted by atomic mass is 32.2. The number of benzene rings is 1. The third-order valence-corrected chi connectivity index (χ3v) is 5.35. The highest BCUT2D eigenvalue weighted by Gasteiger charge is 2.33. The van der Waals surface area contributed by atoms with Crippen LogP contribution in [0.25, 0.3) is 0 Å². The van der Waals surface area contributed by atoms with Crippen molar-refractivity contribution in [2.45, 2.75) is 38.3 Å². The van der Waals surface area contributed by atoms with Crippen molar-refractivity contribution in [1.29, 1.82) is 5.26 Å². The van der Waals surface area contributed by atoms with Crippen molar-refractivity contribution in [1.82, 2.24) is 4.31 Å². The van der Waals surface area contributed by atoms with E-state index in [1.165, 1.54) is 6.07 Å². The first-order valence-electron chi connectivity index (χ1n) is 6.75. The molecule has 0 atom stereocenters. The third-order valence-electron chi connectivity index (χ3n) is 3.71. The summed E-state index contributed by atoms with van der Waals surface area (Å²) in [5.41, 5.74) is -0.272. The highest BCUT2D eigenvalue weighted by Crippen LogP contribution is 2.28. The Labute approximate surface area is 123 Å². The predicted octanol–water partition coefficient (Wildman–Crippen LogP) is 2.56. The predicted molar refractivity (Wildman–Crippen MR) is 73.6 cm³/mol. The van der Waals surface area contributed by atoms with Gasteiger partial charge in [0.05, 0.1) is 6.07 Å². The number of hydrogen-bond donors (Lipinski definition) is 0. The molecule has 21 heavy (non-hydrogen) atoms. The molecule has 0 amide bonds. The Morgan fingerprint density at radius 2 is 1.81 bits per heavy atom. The van der Waals surface area contributed by atoms with Gasteiger partial charge < -0.3 is 0 Å². The van der Waals surface area contributed by atoms with Gasteiger partial charge in [0.2, 0.25) is 10.0 Å². The highest BCUT2D eigenvalue weighted by molar-refractivity contribution is 7.89. The Kier molecular flexibility index (Phi) is 4.91. The normalized spacial score (nSPS) is 16.3. The Morgan fingerprint density at radius 3 is 2.33 bits per heavy atom. The number of rotatable bonds is 5. The molecule has 0 unspecified atom stereocenters. The first-order valence-corrected chi connectivity index (χ1v) is 8.36. The summed E-state index contributed by atoms with van der Waals surface area (Å²) < 4.78 is 53.0. The Bertz CT molecular complexity index is 629. The van der Waals surface area contributed by atoms with E-state index in [1.54, 1.807) is 6.07 Å². The largest absolute Gasteiger partial charge is 0.228 e. The van der Waals surface area contributed by atoms with Crippen molar-refractivity contribution in [2.24, 2.45) is 0 Å². The van der Waals surface area contributed by atoms with Gasteiger partial charge in [0.1, 0.15) is 11.6 Å². The van der Waals surface area contributed by atoms with Crippen molar-refractivity contribution in [2.75, 3.05) is 5.75 Å². The molecule has 2 rings (SSSR count). The molecule has 0 radical (unpaired) electrons. The summed E-state index contributed by atoms with van der Waals surface area (Å²) in [5.74, 6) is -2.23. The van der Waals surface area contributed by atoms with Gasteiger partial charge in [-0.25, -0.2) is 17.2 Å². The van der Waals surface area contributed by atoms with Crippen LogP contribution in [0.5, 0.6) is 0 Å². The average Bonchev–Trinajstić information content (AvgIpc) is 2.91. The Hall–Kier alpha value is -1.52. The summed E-state index contributed by atoms with van der Waals surface area (Å²) in [6, 6.07) is 4.75. The van der Waals surface area contributed by atoms with Crippen molar-refractivity contribution in [3.63, 3.8) is 0 Å². The zero-order valence-electron chi connectivity index (χ0n) is 11.4. The minimum atomic E-state index is -3.85. The summed E-state index contributed by atoms with van der Waals surface area (Å²) in [6.45, 7) is -0.368. The second kappa shape index (κ2) is 6.50. The average molecular weight is 314 g/mol. The molecule has 0 spiro atoms. The van der Waals surface area contributed by atoms with Gasteiger partial charge in [0.25, 0.3) is 0 Å². The molecule has 0 saturated heterocycles. The summed E-state index contributed by atoms with van der Waals surface area (Å²) >= 11 is 0. The van der Waals surface area contributed by atoms with Gasteiger partial charge in [0, 0.05) is 18.2 Å². The Morgan fingerprint density at radius 1 is 1.24 bits per heavy atom. The lowest BCUT2D eigenvalue weighted by atomic mass is 10.1. The molecule has 1 saturated carbocycles. The van der Waals surface area contributed by atoms with Crippen LogP contribution in [-0.4, -0.2) is 24.5 Å². The Balaban J connectivity index is 2.35. The van der Waals surface area contributed by atoms with E-state index in [-0.39, 0.29) is 18.2 Å². The number of sulfonamides is 1. The van der Waals surface area contributed by atoms with Crippen LogP contribution in [0.1, 0.15) is 31.2 Å². The maximum absolute atomic E-state index is 13.7. The van der Waals surface area contributed by atoms with E-state index in [9.17, 15) is 17.2 Å². The lowest BCUT2D eigenvalue weighted by molar-refractivity contribution is 0.308. The van der Waals surface area contributed by atoms with Gasteiger partial charge in [-0.1, -0.05) is 18.9 Å². The van der Waals surface area contributed by atoms with E-state index in [4.69, 9.17) is 5.26 Å². The second-order valence-electron chi connectivity index (χ2n) is 5.10. The lowest BCUT2D eigenvalue weighted by Gasteiger charge is -2.27. The molecule has 0 heterocycles. The summed E-state index contributed by atoms with van der Waals surface area (Å²) in [7, 11) is -3.85. The molecule has 1 aromatic rings. The fourth-order valence-electron chi connectivity index (χ4n) is 2.65. The second-order valence-corrected chi connectivity index (χ2v) is 7.02. The smallest absolute Gasteiger partial charge is 0.211 e. The van der Waals surface area contributed by atoms with Crippen LogP contribution in [0.3, 0.4) is 0 Å². The fraction of sp³-hybridized carbons (Fsp3) is 0.500. The molecule has 1 aliphatic rings. The molecule has 0 N–H and O–H groups in total. The topological polar surface area (TPSA) is 61.2 Å². The molecule has 4 nitrogen and oxygen atoms in total. The van der Waals surface area contributed by atoms with Gasteiger partial charge in [-0.15, -0.1) is 0 Å². The van der Waals surface area contributed by atoms with E-state index in [2.05, 4.69) is 0 Å². The van der Waals surface area contributed by atoms with Crippen LogP contribution in [0.4, 0.5) is 8.78 Å². The van der Waals surface area contributed by atoms with Crippen molar-refractivity contribution in [3.05, 3.63) is 35.4 Å². The third kappa shape index (κ3) is 3.57. The summed E-state index contributed by atoms with van der Waals surface area (Å²) in [5, 5.41) is 8.66. The van der Waals surface area contributed by atoms with E-state index in [0.29, 0.717) is 12.8 Å². The van der Waals surface area contributed by atoms with Crippen molar-refractivity contribution in [3.8, 4) is 6.07 Å². The lowest BCUT2D eigenvalue weighted by Crippen LogP contribution is -2.39. The SMILES string of the molecule is N#CCS(=O)(=O)N(Cc1c(F)cccc1F)C1CCCC1. The standard InChI is InChI=1S/C14H16F2N2O2S/c15-13-6-3-7-14(16)12(13)10-18(11-4-1-2-5-11)21(19,20)9-8-17/h3,6-7,11H,1-2,4-5,9-10H2. The van der Waals surface area contributed by atoms with Crippen LogP contribution in [0.2, 0.25) is 0 Å². The number of nitrogens with zero attached hydrogens (tertiary/aromatic N) is 2. The van der Waals surface area contributed by atoms with Gasteiger partial charge in [-0.2, -0.15) is 9.57 Å². The quantitative estimate of drug-likeness (QED) is 0.839. The van der Waals surface area contributed by atoms with Crippen molar-refractivity contribution >= 4 is 10.0 Å². The summed E-state index contributed by atoms with van der Waals surface area (Å²) in [6.07, 6.45) is 3.06. The maximum Gasteiger partial charge on any atom is 0.228 e. The van der Waals surface area contributed by atoms with Crippen LogP contribution < -0.4 is 0 Å². The van der Waals surface area contributed by atoms with E-state index in [1.807, 2.05) is 0 Å². The molecule has 1 aromatic carbocycles. The van der Waals surface area contributed by atoms with Crippen LogP contribution in [-0.2, 0) is 16.6 Å². The van der Waals surface area contributed by atoms with Gasteiger partial charge in [-0.3, -0.25) is 0 Å². The zero-order valence-corrected chi connectivity index (χ0v) is 12.2. The first kappa shape index (κ1) is 15.9. The van der Waals surface area contributed by atoms with E-state index in [0.717, 1.165) is 29.3 Å². The van der Waals surface area contributed by atoms with Crippen LogP contribution in [0.15, 0.2) is 18.2 Å². The zero-order chi connectivity index (χ0) is 15.5. The maximum atomic E-state index is 13.7. The molecule has 1 aliphatic carbocycles. The molecule has 7 heteroatoms. The number of hydrogen-bond acceptors (Lipinski definition) is 3. The minimum absolute atomic E-state index is 0.272. The number of nitriles is 1. The molecule has 1 fully saturated rings. The summed E-state index contributed by atoms with van der Waals surface area (Å²) in [4.78, 5) is 0. The van der Waals surface area contributed by atoms with Crippen LogP contribution in [0, 0.1) is 23.0 Å². The minimum Gasteiger partial charge on any atom is -0.211 e. The molecule has 0 aliphatic heterocycles. The number of halogens is 2. The molecule has 114 valence electrons. The molecular weight excluding hydrogens is 298 g/mol. The van der Waals surface area contributed by atoms with Gasteiger partial charge in [-0.05, 0) is 25.0 Å². The van der Waals surface area contributed by atoms with Crippen LogP contribution >= 0.6 is 0 Å². The van der Waals surface area contributed by atoms with Crippen molar-refractivity contribution < 1.29 is 17.2 Å². The van der Waals surface area contributed by atoms with E-state index < -0.39 is 27.4 Å². The molecule has 0 aromatic heterocycles. The monoisotopic (exact) mass is 314 g/mol. The fourth-order valence-corrected chi connectivity index (χ4v) is 3.97.